The lowest BCUT2D eigenvalue weighted by molar-refractivity contribution is 0.286. The summed E-state index contributed by atoms with van der Waals surface area (Å²) >= 11 is 0. The highest BCUT2D eigenvalue weighted by atomic mass is 16.2. The molecule has 3 heteroatoms. The van der Waals surface area contributed by atoms with Crippen LogP contribution in [-0.2, 0) is 13.0 Å². The Morgan fingerprint density at radius 1 is 1.64 bits per heavy atom. The maximum atomic E-state index is 8.78. The molecule has 2 heterocycles. The van der Waals surface area contributed by atoms with Gasteiger partial charge in [-0.2, -0.15) is 0 Å². The van der Waals surface area contributed by atoms with Gasteiger partial charge >= 0.3 is 0 Å². The van der Waals surface area contributed by atoms with Gasteiger partial charge in [-0.3, -0.25) is 0 Å². The van der Waals surface area contributed by atoms with Crippen LogP contribution in [0, 0.1) is 0 Å². The maximum absolute atomic E-state index is 8.78. The van der Waals surface area contributed by atoms with Gasteiger partial charge < -0.3 is 9.67 Å². The van der Waals surface area contributed by atoms with Crippen LogP contribution in [0.15, 0.2) is 6.20 Å². The Balaban J connectivity index is 2.18. The van der Waals surface area contributed by atoms with Gasteiger partial charge in [0.2, 0.25) is 0 Å². The summed E-state index contributed by atoms with van der Waals surface area (Å²) in [5.41, 5.74) is 1.38. The molecule has 0 bridgehead atoms. The fraction of sp³-hybridized carbons (Fsp3) is 0.727. The second-order valence-electron chi connectivity index (χ2n) is 4.12. The van der Waals surface area contributed by atoms with Crippen LogP contribution in [0.3, 0.4) is 0 Å². The molecule has 2 rings (SSSR count). The van der Waals surface area contributed by atoms with Crippen LogP contribution in [0.25, 0.3) is 0 Å². The number of hydrogen-bond acceptors (Lipinski definition) is 2. The van der Waals surface area contributed by atoms with Crippen molar-refractivity contribution in [3.63, 3.8) is 0 Å². The molecule has 0 fully saturated rings. The van der Waals surface area contributed by atoms with Gasteiger partial charge in [-0.15, -0.1) is 0 Å². The first-order chi connectivity index (χ1) is 6.83. The van der Waals surface area contributed by atoms with Gasteiger partial charge in [-0.1, -0.05) is 6.92 Å². The number of aromatic nitrogens is 2. The minimum atomic E-state index is 0.262. The molecule has 1 unspecified atom stereocenters. The molecule has 0 spiro atoms. The number of nitrogens with zero attached hydrogens (tertiary/aromatic N) is 2. The number of rotatable bonds is 3. The molecule has 1 aliphatic rings. The number of aryl methyl sites for hydroxylation is 1. The van der Waals surface area contributed by atoms with Crippen molar-refractivity contribution < 1.29 is 5.11 Å². The molecule has 0 radical (unpaired) electrons. The number of hydrogen-bond donors (Lipinski definition) is 1. The Morgan fingerprint density at radius 3 is 3.29 bits per heavy atom. The van der Waals surface area contributed by atoms with Gasteiger partial charge in [-0.05, 0) is 25.2 Å². The predicted molar refractivity (Wildman–Crippen MR) is 55.3 cm³/mol. The van der Waals surface area contributed by atoms with Crippen LogP contribution in [0.1, 0.15) is 43.6 Å². The van der Waals surface area contributed by atoms with E-state index in [2.05, 4.69) is 16.5 Å². The first-order valence-corrected chi connectivity index (χ1v) is 5.48. The van der Waals surface area contributed by atoms with E-state index in [4.69, 9.17) is 5.11 Å². The summed E-state index contributed by atoms with van der Waals surface area (Å²) in [7, 11) is 0. The van der Waals surface area contributed by atoms with E-state index >= 15 is 0 Å². The van der Waals surface area contributed by atoms with Gasteiger partial charge in [0.1, 0.15) is 5.82 Å². The highest BCUT2D eigenvalue weighted by Gasteiger charge is 2.19. The van der Waals surface area contributed by atoms with Crippen molar-refractivity contribution in [3.05, 3.63) is 17.7 Å². The molecule has 0 amide bonds. The highest BCUT2D eigenvalue weighted by Crippen LogP contribution is 2.27. The molecule has 0 aromatic carbocycles. The topological polar surface area (TPSA) is 38.0 Å². The van der Waals surface area contributed by atoms with Gasteiger partial charge in [0.05, 0.1) is 0 Å². The lowest BCUT2D eigenvalue weighted by atomic mass is 9.99. The molecule has 3 nitrogen and oxygen atoms in total. The van der Waals surface area contributed by atoms with Crippen LogP contribution < -0.4 is 0 Å². The predicted octanol–water partition coefficient (Wildman–Crippen LogP) is 1.71. The average Bonchev–Trinajstić information content (AvgIpc) is 2.60. The van der Waals surface area contributed by atoms with E-state index in [0.717, 1.165) is 25.2 Å². The molecule has 1 atom stereocenters. The van der Waals surface area contributed by atoms with Crippen LogP contribution in [0.4, 0.5) is 0 Å². The van der Waals surface area contributed by atoms with Crippen LogP contribution in [-0.4, -0.2) is 21.3 Å². The van der Waals surface area contributed by atoms with Gasteiger partial charge in [0.15, 0.2) is 0 Å². The van der Waals surface area contributed by atoms with Crippen molar-refractivity contribution in [1.82, 2.24) is 9.55 Å². The molecule has 0 saturated heterocycles. The van der Waals surface area contributed by atoms with E-state index in [-0.39, 0.29) is 6.61 Å². The Hall–Kier alpha value is -0.830. The number of fused-ring (bicyclic) bond motifs is 1. The third-order valence-electron chi connectivity index (χ3n) is 3.05. The molecule has 1 N–H and O–H groups in total. The lowest BCUT2D eigenvalue weighted by Crippen LogP contribution is -2.15. The Labute approximate surface area is 84.8 Å². The molecule has 78 valence electrons. The normalized spacial score (nSPS) is 20.9. The number of aliphatic hydroxyl groups is 1. The standard InChI is InChI=1S/C11H18N2O/c1-9-4-2-6-13-10(9)8-12-11(13)5-3-7-14/h8-9,14H,2-7H2,1H3. The molecule has 14 heavy (non-hydrogen) atoms. The summed E-state index contributed by atoms with van der Waals surface area (Å²) in [6, 6.07) is 0. The first-order valence-electron chi connectivity index (χ1n) is 5.48. The summed E-state index contributed by atoms with van der Waals surface area (Å²) in [4.78, 5) is 4.44. The van der Waals surface area contributed by atoms with Crippen molar-refractivity contribution in [2.24, 2.45) is 0 Å². The van der Waals surface area contributed by atoms with E-state index < -0.39 is 0 Å². The second-order valence-corrected chi connectivity index (χ2v) is 4.12. The zero-order valence-corrected chi connectivity index (χ0v) is 8.74. The largest absolute Gasteiger partial charge is 0.396 e. The van der Waals surface area contributed by atoms with Crippen LogP contribution in [0.2, 0.25) is 0 Å². The summed E-state index contributed by atoms with van der Waals surface area (Å²) in [6.45, 7) is 3.64. The smallest absolute Gasteiger partial charge is 0.108 e. The third-order valence-corrected chi connectivity index (χ3v) is 3.05. The van der Waals surface area contributed by atoms with E-state index in [1.165, 1.54) is 18.5 Å². The SMILES string of the molecule is CC1CCCn2c1cnc2CCCO. The van der Waals surface area contributed by atoms with Crippen molar-refractivity contribution in [1.29, 1.82) is 0 Å². The van der Waals surface area contributed by atoms with Gasteiger partial charge in [0, 0.05) is 31.5 Å². The lowest BCUT2D eigenvalue weighted by Gasteiger charge is -2.22. The molecule has 0 aliphatic carbocycles. The van der Waals surface area contributed by atoms with Crippen molar-refractivity contribution in [3.8, 4) is 0 Å². The fourth-order valence-electron chi connectivity index (χ4n) is 2.22. The molecule has 1 aromatic heterocycles. The van der Waals surface area contributed by atoms with Crippen LogP contribution in [0.5, 0.6) is 0 Å². The number of aliphatic hydroxyl groups excluding tert-OH is 1. The number of imidazole rings is 1. The quantitative estimate of drug-likeness (QED) is 0.795. The Morgan fingerprint density at radius 2 is 2.50 bits per heavy atom. The second kappa shape index (κ2) is 4.13. The molecule has 0 saturated carbocycles. The molecular weight excluding hydrogens is 176 g/mol. The summed E-state index contributed by atoms with van der Waals surface area (Å²) in [5, 5.41) is 8.78. The Kier molecular flexibility index (Phi) is 2.87. The van der Waals surface area contributed by atoms with Gasteiger partial charge in [-0.25, -0.2) is 4.98 Å². The monoisotopic (exact) mass is 194 g/mol. The summed E-state index contributed by atoms with van der Waals surface area (Å²) in [6.07, 6.45) is 6.28. The minimum Gasteiger partial charge on any atom is -0.396 e. The zero-order chi connectivity index (χ0) is 9.97. The highest BCUT2D eigenvalue weighted by molar-refractivity contribution is 5.12. The van der Waals surface area contributed by atoms with Gasteiger partial charge in [0.25, 0.3) is 0 Å². The van der Waals surface area contributed by atoms with Crippen molar-refractivity contribution >= 4 is 0 Å². The average molecular weight is 194 g/mol. The Bertz CT molecular complexity index is 306. The van der Waals surface area contributed by atoms with Crippen molar-refractivity contribution in [2.75, 3.05) is 6.61 Å². The van der Waals surface area contributed by atoms with E-state index in [1.807, 2.05) is 6.20 Å². The summed E-state index contributed by atoms with van der Waals surface area (Å²) in [5.74, 6) is 1.81. The molecule has 1 aliphatic heterocycles. The molecule has 1 aromatic rings. The van der Waals surface area contributed by atoms with E-state index in [1.54, 1.807) is 0 Å². The van der Waals surface area contributed by atoms with E-state index in [9.17, 15) is 0 Å². The maximum Gasteiger partial charge on any atom is 0.108 e. The zero-order valence-electron chi connectivity index (χ0n) is 8.74. The first kappa shape index (κ1) is 9.71. The molecular formula is C11H18N2O. The summed E-state index contributed by atoms with van der Waals surface area (Å²) < 4.78 is 2.34. The van der Waals surface area contributed by atoms with Crippen LogP contribution >= 0.6 is 0 Å². The third kappa shape index (κ3) is 1.69. The minimum absolute atomic E-state index is 0.262. The van der Waals surface area contributed by atoms with E-state index in [0.29, 0.717) is 5.92 Å². The fourth-order valence-corrected chi connectivity index (χ4v) is 2.22. The van der Waals surface area contributed by atoms with Crippen molar-refractivity contribution in [2.45, 2.75) is 45.1 Å².